The largest absolute Gasteiger partial charge is 0.324 e. The fourth-order valence-corrected chi connectivity index (χ4v) is 1.72. The van der Waals surface area contributed by atoms with Crippen molar-refractivity contribution in [3.05, 3.63) is 26.2 Å². The van der Waals surface area contributed by atoms with Gasteiger partial charge in [-0.05, 0) is 63.6 Å². The molecule has 0 fully saturated rings. The third kappa shape index (κ3) is 3.40. The van der Waals surface area contributed by atoms with Crippen LogP contribution in [-0.2, 0) is 4.79 Å². The lowest BCUT2D eigenvalue weighted by molar-refractivity contribution is -0.115. The molecular formula is C9H8BrClINO. The lowest BCUT2D eigenvalue weighted by atomic mass is 10.3. The van der Waals surface area contributed by atoms with E-state index in [1.165, 1.54) is 0 Å². The van der Waals surface area contributed by atoms with Gasteiger partial charge in [-0.25, -0.2) is 0 Å². The van der Waals surface area contributed by atoms with E-state index in [2.05, 4.69) is 43.8 Å². The molecule has 2 nitrogen and oxygen atoms in total. The van der Waals surface area contributed by atoms with Gasteiger partial charge in [0.2, 0.25) is 5.91 Å². The summed E-state index contributed by atoms with van der Waals surface area (Å²) in [6.45, 7) is 1.64. The van der Waals surface area contributed by atoms with Crippen molar-refractivity contribution in [3.8, 4) is 0 Å². The third-order valence-corrected chi connectivity index (χ3v) is 3.11. The molecule has 0 saturated heterocycles. The average Bonchev–Trinajstić information content (AvgIpc) is 2.11. The van der Waals surface area contributed by atoms with Crippen LogP contribution in [-0.4, -0.2) is 11.3 Å². The van der Waals surface area contributed by atoms with E-state index in [-0.39, 0.29) is 5.91 Å². The van der Waals surface area contributed by atoms with Gasteiger partial charge in [0, 0.05) is 8.04 Å². The van der Waals surface area contributed by atoms with Crippen molar-refractivity contribution >= 4 is 61.7 Å². The Morgan fingerprint density at radius 2 is 2.29 bits per heavy atom. The van der Waals surface area contributed by atoms with Crippen LogP contribution in [0.3, 0.4) is 0 Å². The number of hydrogen-bond acceptors (Lipinski definition) is 1. The molecule has 0 spiro atoms. The fourth-order valence-electron chi connectivity index (χ4n) is 0.825. The predicted molar refractivity (Wildman–Crippen MR) is 70.8 cm³/mol. The summed E-state index contributed by atoms with van der Waals surface area (Å²) in [5, 5.41) is 2.20. The molecule has 5 heteroatoms. The number of nitrogens with one attached hydrogen (secondary N) is 1. The highest BCUT2D eigenvalue weighted by Crippen LogP contribution is 2.24. The van der Waals surface area contributed by atoms with Gasteiger partial charge in [0.05, 0.1) is 5.69 Å². The van der Waals surface area contributed by atoms with Gasteiger partial charge in [-0.3, -0.25) is 4.79 Å². The summed E-state index contributed by atoms with van der Waals surface area (Å²) in [6.07, 6.45) is 0. The van der Waals surface area contributed by atoms with E-state index in [0.717, 1.165) is 13.7 Å². The highest BCUT2D eigenvalue weighted by Gasteiger charge is 2.10. The predicted octanol–water partition coefficient (Wildman–Crippen LogP) is 3.62. The SMILES string of the molecule is CC(Cl)C(=O)Nc1cc(I)ccc1Br. The topological polar surface area (TPSA) is 29.1 Å². The van der Waals surface area contributed by atoms with Crippen molar-refractivity contribution in [3.63, 3.8) is 0 Å². The fraction of sp³-hybridized carbons (Fsp3) is 0.222. The number of benzene rings is 1. The van der Waals surface area contributed by atoms with Gasteiger partial charge in [-0.15, -0.1) is 11.6 Å². The van der Waals surface area contributed by atoms with Crippen LogP contribution in [0.1, 0.15) is 6.92 Å². The number of carbonyl (C=O) groups is 1. The number of halogens is 3. The summed E-state index contributed by atoms with van der Waals surface area (Å²) in [5.41, 5.74) is 0.745. The molecule has 1 aromatic carbocycles. The van der Waals surface area contributed by atoms with Gasteiger partial charge < -0.3 is 5.32 Å². The molecule has 1 atom stereocenters. The minimum absolute atomic E-state index is 0.200. The summed E-state index contributed by atoms with van der Waals surface area (Å²) >= 11 is 11.2. The summed E-state index contributed by atoms with van der Waals surface area (Å²) < 4.78 is 1.91. The number of alkyl halides is 1. The van der Waals surface area contributed by atoms with Gasteiger partial charge in [0.25, 0.3) is 0 Å². The minimum atomic E-state index is -0.528. The Kier molecular flexibility index (Phi) is 4.66. The molecule has 1 unspecified atom stereocenters. The van der Waals surface area contributed by atoms with Crippen molar-refractivity contribution in [2.24, 2.45) is 0 Å². The molecule has 0 aliphatic heterocycles. The number of carbonyl (C=O) groups excluding carboxylic acids is 1. The van der Waals surface area contributed by atoms with Crippen molar-refractivity contribution < 1.29 is 4.79 Å². The summed E-state index contributed by atoms with van der Waals surface area (Å²) in [5.74, 6) is -0.200. The molecule has 1 amide bonds. The van der Waals surface area contributed by atoms with E-state index in [4.69, 9.17) is 11.6 Å². The molecule has 0 radical (unpaired) electrons. The van der Waals surface area contributed by atoms with E-state index in [0.29, 0.717) is 0 Å². The maximum absolute atomic E-state index is 11.3. The van der Waals surface area contributed by atoms with E-state index in [9.17, 15) is 4.79 Å². The second-order valence-corrected chi connectivity index (χ2v) is 5.48. The van der Waals surface area contributed by atoms with Crippen LogP contribution in [0.25, 0.3) is 0 Å². The molecule has 0 saturated carbocycles. The molecule has 76 valence electrons. The van der Waals surface area contributed by atoms with Gasteiger partial charge in [-0.1, -0.05) is 0 Å². The zero-order valence-corrected chi connectivity index (χ0v) is 11.9. The van der Waals surface area contributed by atoms with E-state index < -0.39 is 5.38 Å². The first kappa shape index (κ1) is 12.3. The van der Waals surface area contributed by atoms with Crippen molar-refractivity contribution in [2.75, 3.05) is 5.32 Å². The van der Waals surface area contributed by atoms with E-state index >= 15 is 0 Å². The van der Waals surface area contributed by atoms with Gasteiger partial charge in [0.15, 0.2) is 0 Å². The van der Waals surface area contributed by atoms with Crippen LogP contribution < -0.4 is 5.32 Å². The number of amides is 1. The van der Waals surface area contributed by atoms with Gasteiger partial charge in [0.1, 0.15) is 5.38 Å². The van der Waals surface area contributed by atoms with Crippen LogP contribution in [0.4, 0.5) is 5.69 Å². The summed E-state index contributed by atoms with van der Waals surface area (Å²) in [6, 6.07) is 5.71. The zero-order valence-electron chi connectivity index (χ0n) is 7.35. The molecule has 0 bridgehead atoms. The first-order chi connectivity index (χ1) is 6.50. The quantitative estimate of drug-likeness (QED) is 0.609. The maximum Gasteiger partial charge on any atom is 0.242 e. The zero-order chi connectivity index (χ0) is 10.7. The Morgan fingerprint density at radius 1 is 1.64 bits per heavy atom. The maximum atomic E-state index is 11.3. The first-order valence-corrected chi connectivity index (χ1v) is 6.21. The third-order valence-electron chi connectivity index (χ3n) is 1.55. The molecule has 1 N–H and O–H groups in total. The standard InChI is InChI=1S/C9H8BrClINO/c1-5(11)9(14)13-8-4-6(12)2-3-7(8)10/h2-5H,1H3,(H,13,14). The molecule has 0 aromatic heterocycles. The smallest absolute Gasteiger partial charge is 0.242 e. The second kappa shape index (κ2) is 5.32. The molecular weight excluding hydrogens is 380 g/mol. The van der Waals surface area contributed by atoms with Crippen LogP contribution >= 0.6 is 50.1 Å². The summed E-state index contributed by atoms with van der Waals surface area (Å²) in [4.78, 5) is 11.3. The number of rotatable bonds is 2. The highest BCUT2D eigenvalue weighted by atomic mass is 127. The van der Waals surface area contributed by atoms with E-state index in [1.807, 2.05) is 18.2 Å². The van der Waals surface area contributed by atoms with Crippen molar-refractivity contribution in [1.29, 1.82) is 0 Å². The highest BCUT2D eigenvalue weighted by molar-refractivity contribution is 14.1. The Hall–Kier alpha value is 0.190. The first-order valence-electron chi connectivity index (χ1n) is 3.90. The molecule has 1 rings (SSSR count). The monoisotopic (exact) mass is 387 g/mol. The molecule has 0 heterocycles. The Balaban J connectivity index is 2.86. The van der Waals surface area contributed by atoms with Crippen LogP contribution in [0.2, 0.25) is 0 Å². The van der Waals surface area contributed by atoms with Crippen LogP contribution in [0.15, 0.2) is 22.7 Å². The normalized spacial score (nSPS) is 12.3. The second-order valence-electron chi connectivity index (χ2n) is 2.73. The molecule has 14 heavy (non-hydrogen) atoms. The van der Waals surface area contributed by atoms with Crippen LogP contribution in [0, 0.1) is 3.57 Å². The number of anilines is 1. The Labute approximate surface area is 110 Å². The van der Waals surface area contributed by atoms with Gasteiger partial charge >= 0.3 is 0 Å². The van der Waals surface area contributed by atoms with Crippen LogP contribution in [0.5, 0.6) is 0 Å². The lowest BCUT2D eigenvalue weighted by Gasteiger charge is -2.08. The van der Waals surface area contributed by atoms with Crippen molar-refractivity contribution in [1.82, 2.24) is 0 Å². The minimum Gasteiger partial charge on any atom is -0.324 e. The van der Waals surface area contributed by atoms with Crippen molar-refractivity contribution in [2.45, 2.75) is 12.3 Å². The Bertz CT molecular complexity index is 357. The lowest BCUT2D eigenvalue weighted by Crippen LogP contribution is -2.20. The number of hydrogen-bond donors (Lipinski definition) is 1. The molecule has 0 aliphatic carbocycles. The molecule has 0 aliphatic rings. The van der Waals surface area contributed by atoms with E-state index in [1.54, 1.807) is 6.92 Å². The summed E-state index contributed by atoms with van der Waals surface area (Å²) in [7, 11) is 0. The average molecular weight is 388 g/mol. The molecule has 1 aromatic rings. The van der Waals surface area contributed by atoms with Gasteiger partial charge in [-0.2, -0.15) is 0 Å². The Morgan fingerprint density at radius 3 is 2.86 bits per heavy atom.